The minimum Gasteiger partial charge on any atom is -0.496 e. The molecule has 0 bridgehead atoms. The molecule has 0 aliphatic rings. The fourth-order valence-corrected chi connectivity index (χ4v) is 4.08. The van der Waals surface area contributed by atoms with Crippen molar-refractivity contribution in [3.05, 3.63) is 53.6 Å². The molecule has 0 saturated heterocycles. The Morgan fingerprint density at radius 3 is 2.27 bits per heavy atom. The summed E-state index contributed by atoms with van der Waals surface area (Å²) in [6.45, 7) is 5.95. The first-order valence-corrected chi connectivity index (χ1v) is 8.58. The van der Waals surface area contributed by atoms with E-state index in [1.54, 1.807) is 25.3 Å². The molecule has 0 unspecified atom stereocenters. The summed E-state index contributed by atoms with van der Waals surface area (Å²) < 4.78 is 32.5. The second kappa shape index (κ2) is 6.40. The Morgan fingerprint density at radius 2 is 1.73 bits per heavy atom. The Morgan fingerprint density at radius 1 is 1.05 bits per heavy atom. The predicted molar refractivity (Wildman–Crippen MR) is 89.1 cm³/mol. The molecule has 0 amide bonds. The highest BCUT2D eigenvalue weighted by Crippen LogP contribution is 2.28. The summed E-state index contributed by atoms with van der Waals surface area (Å²) in [6.07, 6.45) is 0. The van der Waals surface area contributed by atoms with Crippen LogP contribution in [0, 0.1) is 13.8 Å². The lowest BCUT2D eigenvalue weighted by Crippen LogP contribution is -2.31. The van der Waals surface area contributed by atoms with Gasteiger partial charge >= 0.3 is 0 Å². The fraction of sp³-hybridized carbons (Fsp3) is 0.294. The molecule has 0 aliphatic heterocycles. The van der Waals surface area contributed by atoms with Crippen molar-refractivity contribution >= 4 is 15.7 Å². The van der Waals surface area contributed by atoms with Gasteiger partial charge in [0, 0.05) is 6.54 Å². The zero-order chi connectivity index (χ0) is 16.3. The number of methoxy groups -OCH3 is 1. The molecular formula is C17H21NO3S. The molecule has 4 nitrogen and oxygen atoms in total. The smallest absolute Gasteiger partial charge is 0.264 e. The lowest BCUT2D eigenvalue weighted by Gasteiger charge is -2.25. The molecule has 0 heterocycles. The number of nitrogens with zero attached hydrogens (tertiary/aromatic N) is 1. The van der Waals surface area contributed by atoms with Gasteiger partial charge in [0.25, 0.3) is 10.0 Å². The summed E-state index contributed by atoms with van der Waals surface area (Å²) in [5.41, 5.74) is 2.43. The average Bonchev–Trinajstić information content (AvgIpc) is 2.49. The van der Waals surface area contributed by atoms with Gasteiger partial charge in [-0.2, -0.15) is 0 Å². The molecule has 0 aromatic heterocycles. The highest BCUT2D eigenvalue weighted by molar-refractivity contribution is 7.92. The third-order valence-corrected chi connectivity index (χ3v) is 5.51. The van der Waals surface area contributed by atoms with E-state index in [1.165, 1.54) is 4.31 Å². The number of anilines is 1. The summed E-state index contributed by atoms with van der Waals surface area (Å²) in [7, 11) is -2.02. The number of ether oxygens (including phenoxy) is 1. The number of hydrogen-bond donors (Lipinski definition) is 0. The highest BCUT2D eigenvalue weighted by atomic mass is 32.2. The molecule has 22 heavy (non-hydrogen) atoms. The van der Waals surface area contributed by atoms with E-state index < -0.39 is 10.0 Å². The van der Waals surface area contributed by atoms with Crippen molar-refractivity contribution in [2.45, 2.75) is 25.7 Å². The van der Waals surface area contributed by atoms with Gasteiger partial charge in [0.1, 0.15) is 5.75 Å². The van der Waals surface area contributed by atoms with Gasteiger partial charge in [0.05, 0.1) is 17.7 Å². The maximum atomic E-state index is 13.0. The summed E-state index contributed by atoms with van der Waals surface area (Å²) in [5, 5.41) is 0. The number of aryl methyl sites for hydroxylation is 2. The van der Waals surface area contributed by atoms with Gasteiger partial charge in [-0.1, -0.05) is 18.2 Å². The van der Waals surface area contributed by atoms with Gasteiger partial charge in [0.2, 0.25) is 0 Å². The van der Waals surface area contributed by atoms with Crippen LogP contribution in [-0.4, -0.2) is 22.1 Å². The Kier molecular flexibility index (Phi) is 4.76. The van der Waals surface area contributed by atoms with Gasteiger partial charge in [0.15, 0.2) is 0 Å². The molecule has 0 atom stereocenters. The molecule has 0 fully saturated rings. The van der Waals surface area contributed by atoms with Crippen LogP contribution in [0.5, 0.6) is 5.75 Å². The first-order valence-electron chi connectivity index (χ1n) is 7.14. The van der Waals surface area contributed by atoms with Crippen LogP contribution in [0.2, 0.25) is 0 Å². The van der Waals surface area contributed by atoms with E-state index in [2.05, 4.69) is 0 Å². The van der Waals surface area contributed by atoms with Crippen LogP contribution in [0.4, 0.5) is 5.69 Å². The van der Waals surface area contributed by atoms with Gasteiger partial charge < -0.3 is 4.74 Å². The molecule has 2 aromatic rings. The van der Waals surface area contributed by atoms with Crippen molar-refractivity contribution < 1.29 is 13.2 Å². The maximum absolute atomic E-state index is 13.0. The zero-order valence-corrected chi connectivity index (χ0v) is 14.1. The summed E-state index contributed by atoms with van der Waals surface area (Å²) in [5.74, 6) is 0.679. The van der Waals surface area contributed by atoms with Crippen molar-refractivity contribution in [3.63, 3.8) is 0 Å². The van der Waals surface area contributed by atoms with E-state index in [1.807, 2.05) is 45.0 Å². The topological polar surface area (TPSA) is 46.6 Å². The van der Waals surface area contributed by atoms with Crippen LogP contribution in [0.25, 0.3) is 0 Å². The maximum Gasteiger partial charge on any atom is 0.264 e. The van der Waals surface area contributed by atoms with Crippen molar-refractivity contribution in [2.75, 3.05) is 18.0 Å². The number of hydrogen-bond acceptors (Lipinski definition) is 3. The standard InChI is InChI=1S/C17H21NO3S/c1-5-18(16-9-7-6-8-13(16)2)22(19,20)15-10-11-17(21-4)14(3)12-15/h6-12H,5H2,1-4H3. The third kappa shape index (κ3) is 2.95. The molecule has 2 aromatic carbocycles. The zero-order valence-electron chi connectivity index (χ0n) is 13.3. The van der Waals surface area contributed by atoms with Gasteiger partial charge in [-0.05, 0) is 56.2 Å². The van der Waals surface area contributed by atoms with Crippen LogP contribution in [0.15, 0.2) is 47.4 Å². The van der Waals surface area contributed by atoms with Gasteiger partial charge in [-0.3, -0.25) is 4.31 Å². The summed E-state index contributed by atoms with van der Waals surface area (Å²) in [6, 6.07) is 12.4. The summed E-state index contributed by atoms with van der Waals surface area (Å²) in [4.78, 5) is 0.274. The molecular weight excluding hydrogens is 298 g/mol. The van der Waals surface area contributed by atoms with Crippen molar-refractivity contribution in [2.24, 2.45) is 0 Å². The third-order valence-electron chi connectivity index (χ3n) is 3.63. The minimum absolute atomic E-state index is 0.274. The number of rotatable bonds is 5. The predicted octanol–water partition coefficient (Wildman–Crippen LogP) is 3.53. The summed E-state index contributed by atoms with van der Waals surface area (Å²) >= 11 is 0. The van der Waals surface area contributed by atoms with E-state index in [0.717, 1.165) is 11.1 Å². The van der Waals surface area contributed by atoms with Gasteiger partial charge in [-0.15, -0.1) is 0 Å². The molecule has 5 heteroatoms. The van der Waals surface area contributed by atoms with E-state index in [-0.39, 0.29) is 4.90 Å². The fourth-order valence-electron chi connectivity index (χ4n) is 2.45. The molecule has 0 radical (unpaired) electrons. The molecule has 0 spiro atoms. The van der Waals surface area contributed by atoms with E-state index in [9.17, 15) is 8.42 Å². The monoisotopic (exact) mass is 319 g/mol. The number of sulfonamides is 1. The van der Waals surface area contributed by atoms with E-state index in [4.69, 9.17) is 4.74 Å². The Hall–Kier alpha value is -2.01. The van der Waals surface area contributed by atoms with Crippen molar-refractivity contribution in [3.8, 4) is 5.75 Å². The Balaban J connectivity index is 2.52. The number of benzene rings is 2. The number of para-hydroxylation sites is 1. The van der Waals surface area contributed by atoms with Crippen LogP contribution in [0.3, 0.4) is 0 Å². The SMILES string of the molecule is CCN(c1ccccc1C)S(=O)(=O)c1ccc(OC)c(C)c1. The lowest BCUT2D eigenvalue weighted by atomic mass is 10.2. The highest BCUT2D eigenvalue weighted by Gasteiger charge is 2.25. The largest absolute Gasteiger partial charge is 0.496 e. The van der Waals surface area contributed by atoms with Crippen LogP contribution >= 0.6 is 0 Å². The van der Waals surface area contributed by atoms with Gasteiger partial charge in [-0.25, -0.2) is 8.42 Å². The van der Waals surface area contributed by atoms with Crippen molar-refractivity contribution in [1.82, 2.24) is 0 Å². The second-order valence-electron chi connectivity index (χ2n) is 5.09. The molecule has 0 N–H and O–H groups in total. The molecule has 2 rings (SSSR count). The first-order chi connectivity index (χ1) is 10.4. The molecule has 0 saturated carbocycles. The van der Waals surface area contributed by atoms with E-state index >= 15 is 0 Å². The molecule has 0 aliphatic carbocycles. The normalized spacial score (nSPS) is 11.3. The van der Waals surface area contributed by atoms with Crippen LogP contribution in [-0.2, 0) is 10.0 Å². The van der Waals surface area contributed by atoms with E-state index in [0.29, 0.717) is 18.0 Å². The first kappa shape index (κ1) is 16.4. The Bertz CT molecular complexity index is 769. The quantitative estimate of drug-likeness (QED) is 0.847. The minimum atomic E-state index is -3.60. The van der Waals surface area contributed by atoms with Crippen molar-refractivity contribution in [1.29, 1.82) is 0 Å². The average molecular weight is 319 g/mol. The lowest BCUT2D eigenvalue weighted by molar-refractivity contribution is 0.411. The van der Waals surface area contributed by atoms with Crippen LogP contribution < -0.4 is 9.04 Å². The van der Waals surface area contributed by atoms with Crippen LogP contribution in [0.1, 0.15) is 18.1 Å². The second-order valence-corrected chi connectivity index (χ2v) is 6.95. The molecule has 118 valence electrons. The Labute approximate surface area is 132 Å².